The molecule has 6 nitrogen and oxygen atoms in total. The van der Waals surface area contributed by atoms with Crippen molar-refractivity contribution in [3.05, 3.63) is 39.7 Å². The summed E-state index contributed by atoms with van der Waals surface area (Å²) in [4.78, 5) is 14.8. The average molecular weight is 330 g/mol. The Hall–Kier alpha value is -1.96. The predicted molar refractivity (Wildman–Crippen MR) is 67.4 cm³/mol. The van der Waals surface area contributed by atoms with Crippen molar-refractivity contribution >= 4 is 27.6 Å². The van der Waals surface area contributed by atoms with Gasteiger partial charge in [-0.1, -0.05) is 5.16 Å². The lowest BCUT2D eigenvalue weighted by molar-refractivity contribution is 0.0695. The number of nitrogens with one attached hydrogen (secondary N) is 1. The van der Waals surface area contributed by atoms with E-state index in [-0.39, 0.29) is 22.3 Å². The van der Waals surface area contributed by atoms with Crippen LogP contribution in [-0.2, 0) is 6.54 Å². The quantitative estimate of drug-likeness (QED) is 0.896. The van der Waals surface area contributed by atoms with Gasteiger partial charge in [0.1, 0.15) is 0 Å². The summed E-state index contributed by atoms with van der Waals surface area (Å²) >= 11 is 2.92. The summed E-state index contributed by atoms with van der Waals surface area (Å²) in [5.41, 5.74) is 0.0118. The third-order valence-corrected chi connectivity index (χ3v) is 3.09. The Morgan fingerprint density at radius 1 is 1.58 bits per heavy atom. The maximum Gasteiger partial charge on any atom is 0.336 e. The van der Waals surface area contributed by atoms with Crippen molar-refractivity contribution in [2.45, 2.75) is 13.5 Å². The fraction of sp³-hybridized carbons (Fsp3) is 0.182. The number of benzene rings is 1. The van der Waals surface area contributed by atoms with Gasteiger partial charge in [0.2, 0.25) is 5.89 Å². The number of aromatic nitrogens is 2. The van der Waals surface area contributed by atoms with Crippen LogP contribution < -0.4 is 5.32 Å². The normalized spacial score (nSPS) is 10.5. The summed E-state index contributed by atoms with van der Waals surface area (Å²) < 4.78 is 18.6. The fourth-order valence-electron chi connectivity index (χ4n) is 1.44. The first-order chi connectivity index (χ1) is 8.99. The van der Waals surface area contributed by atoms with Crippen LogP contribution in [-0.4, -0.2) is 21.2 Å². The molecule has 100 valence electrons. The summed E-state index contributed by atoms with van der Waals surface area (Å²) in [6.07, 6.45) is 0. The molecule has 2 N–H and O–H groups in total. The van der Waals surface area contributed by atoms with E-state index in [2.05, 4.69) is 31.4 Å². The molecule has 1 aromatic heterocycles. The number of aromatic carboxylic acids is 1. The van der Waals surface area contributed by atoms with E-state index in [4.69, 9.17) is 9.63 Å². The molecule has 19 heavy (non-hydrogen) atoms. The van der Waals surface area contributed by atoms with Crippen LogP contribution in [0.25, 0.3) is 0 Å². The van der Waals surface area contributed by atoms with Gasteiger partial charge in [-0.05, 0) is 28.1 Å². The number of hydrogen-bond acceptors (Lipinski definition) is 5. The number of carboxylic acids is 1. The predicted octanol–water partition coefficient (Wildman–Crippen LogP) is 2.59. The minimum Gasteiger partial charge on any atom is -0.478 e. The zero-order valence-electron chi connectivity index (χ0n) is 9.78. The van der Waals surface area contributed by atoms with Gasteiger partial charge in [0, 0.05) is 6.92 Å². The molecule has 0 aliphatic carbocycles. The Balaban J connectivity index is 2.17. The number of carboxylic acid groups (broad SMARTS) is 1. The van der Waals surface area contributed by atoms with Gasteiger partial charge in [-0.15, -0.1) is 0 Å². The van der Waals surface area contributed by atoms with Crippen LogP contribution in [0.2, 0.25) is 0 Å². The Bertz CT molecular complexity index is 630. The molecule has 8 heteroatoms. The number of carbonyl (C=O) groups is 1. The molecule has 0 amide bonds. The second-order valence-corrected chi connectivity index (χ2v) is 4.47. The average Bonchev–Trinajstić information content (AvgIpc) is 2.76. The number of anilines is 1. The lowest BCUT2D eigenvalue weighted by Crippen LogP contribution is -2.06. The highest BCUT2D eigenvalue weighted by Crippen LogP contribution is 2.27. The van der Waals surface area contributed by atoms with Crippen molar-refractivity contribution in [1.29, 1.82) is 0 Å². The molecule has 2 rings (SSSR count). The molecule has 2 aromatic rings. The Labute approximate surface area is 115 Å². The largest absolute Gasteiger partial charge is 0.478 e. The molecule has 0 saturated carbocycles. The van der Waals surface area contributed by atoms with E-state index >= 15 is 0 Å². The van der Waals surface area contributed by atoms with Crippen LogP contribution in [0, 0.1) is 12.7 Å². The van der Waals surface area contributed by atoms with E-state index in [1.165, 1.54) is 12.1 Å². The zero-order chi connectivity index (χ0) is 14.0. The number of nitrogens with zero attached hydrogens (tertiary/aromatic N) is 2. The maximum atomic E-state index is 13.9. The van der Waals surface area contributed by atoms with Gasteiger partial charge in [0.25, 0.3) is 0 Å². The monoisotopic (exact) mass is 329 g/mol. The molecule has 0 fully saturated rings. The van der Waals surface area contributed by atoms with Gasteiger partial charge < -0.3 is 14.9 Å². The molecule has 0 unspecified atom stereocenters. The van der Waals surface area contributed by atoms with Crippen molar-refractivity contribution in [2.75, 3.05) is 5.32 Å². The van der Waals surface area contributed by atoms with Gasteiger partial charge in [-0.25, -0.2) is 9.18 Å². The molecule has 0 aliphatic rings. The summed E-state index contributed by atoms with van der Waals surface area (Å²) in [6.45, 7) is 1.82. The second-order valence-electron chi connectivity index (χ2n) is 3.68. The number of rotatable bonds is 4. The minimum absolute atomic E-state index is 0.103. The SMILES string of the molecule is Cc1nc(CNc2ccc(C(=O)O)c(Br)c2F)no1. The summed E-state index contributed by atoms with van der Waals surface area (Å²) in [5.74, 6) is -1.08. The van der Waals surface area contributed by atoms with E-state index < -0.39 is 11.8 Å². The zero-order valence-corrected chi connectivity index (χ0v) is 11.4. The Morgan fingerprint density at radius 2 is 2.32 bits per heavy atom. The number of halogens is 2. The molecule has 0 aliphatic heterocycles. The molecule has 0 saturated heterocycles. The van der Waals surface area contributed by atoms with Crippen molar-refractivity contribution in [3.63, 3.8) is 0 Å². The molecule has 0 radical (unpaired) electrons. The van der Waals surface area contributed by atoms with E-state index in [9.17, 15) is 9.18 Å². The number of hydrogen-bond donors (Lipinski definition) is 2. The van der Waals surface area contributed by atoms with Gasteiger partial charge >= 0.3 is 5.97 Å². The summed E-state index contributed by atoms with van der Waals surface area (Å²) in [5, 5.41) is 15.3. The first kappa shape index (κ1) is 13.5. The van der Waals surface area contributed by atoms with Gasteiger partial charge in [-0.2, -0.15) is 4.98 Å². The van der Waals surface area contributed by atoms with Crippen molar-refractivity contribution in [2.24, 2.45) is 0 Å². The third kappa shape index (κ3) is 2.90. The Morgan fingerprint density at radius 3 is 2.89 bits per heavy atom. The van der Waals surface area contributed by atoms with E-state index in [0.29, 0.717) is 11.7 Å². The smallest absolute Gasteiger partial charge is 0.336 e. The standard InChI is InChI=1S/C11H9BrFN3O3/c1-5-15-8(16-19-5)4-14-7-3-2-6(11(17)18)9(12)10(7)13/h2-3,14H,4H2,1H3,(H,17,18). The van der Waals surface area contributed by atoms with Gasteiger partial charge in [0.05, 0.1) is 22.3 Å². The van der Waals surface area contributed by atoms with Crippen LogP contribution in [0.4, 0.5) is 10.1 Å². The minimum atomic E-state index is -1.20. The molecular formula is C11H9BrFN3O3. The van der Waals surface area contributed by atoms with Crippen molar-refractivity contribution < 1.29 is 18.8 Å². The van der Waals surface area contributed by atoms with Gasteiger partial charge in [0.15, 0.2) is 11.6 Å². The van der Waals surface area contributed by atoms with Crippen LogP contribution in [0.15, 0.2) is 21.1 Å². The van der Waals surface area contributed by atoms with E-state index in [1.54, 1.807) is 6.92 Å². The molecule has 0 atom stereocenters. The van der Waals surface area contributed by atoms with Crippen molar-refractivity contribution in [3.8, 4) is 0 Å². The lowest BCUT2D eigenvalue weighted by atomic mass is 10.2. The van der Waals surface area contributed by atoms with Crippen molar-refractivity contribution in [1.82, 2.24) is 10.1 Å². The van der Waals surface area contributed by atoms with Crippen LogP contribution in [0.3, 0.4) is 0 Å². The first-order valence-electron chi connectivity index (χ1n) is 5.23. The molecule has 1 heterocycles. The highest BCUT2D eigenvalue weighted by molar-refractivity contribution is 9.10. The van der Waals surface area contributed by atoms with Gasteiger partial charge in [-0.3, -0.25) is 0 Å². The van der Waals surface area contributed by atoms with E-state index in [1.807, 2.05) is 0 Å². The summed E-state index contributed by atoms with van der Waals surface area (Å²) in [7, 11) is 0. The molecule has 1 aromatic carbocycles. The van der Waals surface area contributed by atoms with Crippen LogP contribution in [0.5, 0.6) is 0 Å². The lowest BCUT2D eigenvalue weighted by Gasteiger charge is -2.08. The fourth-order valence-corrected chi connectivity index (χ4v) is 1.95. The van der Waals surface area contributed by atoms with Crippen LogP contribution in [0.1, 0.15) is 22.1 Å². The maximum absolute atomic E-state index is 13.9. The highest BCUT2D eigenvalue weighted by atomic mass is 79.9. The van der Waals surface area contributed by atoms with Crippen LogP contribution >= 0.6 is 15.9 Å². The highest BCUT2D eigenvalue weighted by Gasteiger charge is 2.16. The topological polar surface area (TPSA) is 88.2 Å². The summed E-state index contributed by atoms with van der Waals surface area (Å²) in [6, 6.07) is 2.65. The number of aryl methyl sites for hydroxylation is 1. The first-order valence-corrected chi connectivity index (χ1v) is 6.02. The third-order valence-electron chi connectivity index (χ3n) is 2.32. The molecule has 0 spiro atoms. The molecular weight excluding hydrogens is 321 g/mol. The molecule has 0 bridgehead atoms. The second kappa shape index (κ2) is 5.35. The Kier molecular flexibility index (Phi) is 3.79. The van der Waals surface area contributed by atoms with E-state index in [0.717, 1.165) is 0 Å².